The van der Waals surface area contributed by atoms with Crippen LogP contribution in [0.4, 0.5) is 5.69 Å². The molecule has 0 amide bonds. The van der Waals surface area contributed by atoms with E-state index in [1.807, 2.05) is 32.0 Å². The minimum absolute atomic E-state index is 0.100. The summed E-state index contributed by atoms with van der Waals surface area (Å²) in [5, 5.41) is 4.55. The van der Waals surface area contributed by atoms with Crippen molar-refractivity contribution in [1.82, 2.24) is 0 Å². The topological polar surface area (TPSA) is 30.5 Å². The average Bonchev–Trinajstić information content (AvgIpc) is 2.48. The first-order valence-corrected chi connectivity index (χ1v) is 7.77. The molecule has 0 atom stereocenters. The van der Waals surface area contributed by atoms with Gasteiger partial charge in [0.25, 0.3) is 0 Å². The maximum Gasteiger partial charge on any atom is 0.161 e. The summed E-state index contributed by atoms with van der Waals surface area (Å²) in [5.74, 6) is 1.45. The lowest BCUT2D eigenvalue weighted by Crippen LogP contribution is -2.07. The van der Waals surface area contributed by atoms with Crippen molar-refractivity contribution in [2.45, 2.75) is 26.5 Å². The molecule has 0 aliphatic rings. The van der Waals surface area contributed by atoms with E-state index < -0.39 is 0 Å². The molecule has 2 rings (SSSR count). The standard InChI is InChI=1S/C17H19Cl2NO2/c1-11(2)22-16-7-4-12(8-17(16)21-3)10-20-15-9-13(18)5-6-14(15)19/h4-9,11,20H,10H2,1-3H3. The van der Waals surface area contributed by atoms with Gasteiger partial charge in [0.1, 0.15) is 0 Å². The van der Waals surface area contributed by atoms with E-state index in [9.17, 15) is 0 Å². The van der Waals surface area contributed by atoms with Crippen LogP contribution in [-0.2, 0) is 6.54 Å². The van der Waals surface area contributed by atoms with E-state index >= 15 is 0 Å². The molecule has 0 bridgehead atoms. The van der Waals surface area contributed by atoms with Crippen LogP contribution in [0.2, 0.25) is 10.0 Å². The molecule has 3 nitrogen and oxygen atoms in total. The van der Waals surface area contributed by atoms with Gasteiger partial charge in [0.15, 0.2) is 11.5 Å². The number of anilines is 1. The van der Waals surface area contributed by atoms with Crippen LogP contribution in [0.15, 0.2) is 36.4 Å². The Labute approximate surface area is 141 Å². The third-order valence-electron chi connectivity index (χ3n) is 3.00. The highest BCUT2D eigenvalue weighted by Crippen LogP contribution is 2.30. The normalized spacial score (nSPS) is 10.6. The third kappa shape index (κ3) is 4.46. The van der Waals surface area contributed by atoms with Gasteiger partial charge in [-0.2, -0.15) is 0 Å². The summed E-state index contributed by atoms with van der Waals surface area (Å²) in [5.41, 5.74) is 1.86. The van der Waals surface area contributed by atoms with Crippen LogP contribution in [0.3, 0.4) is 0 Å². The van der Waals surface area contributed by atoms with E-state index in [2.05, 4.69) is 5.32 Å². The van der Waals surface area contributed by atoms with Gasteiger partial charge in [-0.3, -0.25) is 0 Å². The predicted molar refractivity (Wildman–Crippen MR) is 92.5 cm³/mol. The molecule has 2 aromatic carbocycles. The first-order valence-electron chi connectivity index (χ1n) is 7.02. The molecular weight excluding hydrogens is 321 g/mol. The van der Waals surface area contributed by atoms with Gasteiger partial charge in [0.2, 0.25) is 0 Å². The Balaban J connectivity index is 2.11. The summed E-state index contributed by atoms with van der Waals surface area (Å²) in [4.78, 5) is 0. The molecular formula is C17H19Cl2NO2. The van der Waals surface area contributed by atoms with Crippen LogP contribution in [0.1, 0.15) is 19.4 Å². The number of halogens is 2. The van der Waals surface area contributed by atoms with Gasteiger partial charge in [-0.15, -0.1) is 0 Å². The number of rotatable bonds is 6. The summed E-state index contributed by atoms with van der Waals surface area (Å²) in [7, 11) is 1.63. The van der Waals surface area contributed by atoms with Crippen molar-refractivity contribution in [3.63, 3.8) is 0 Å². The minimum Gasteiger partial charge on any atom is -0.493 e. The molecule has 1 N–H and O–H groups in total. The zero-order valence-corrected chi connectivity index (χ0v) is 14.3. The fourth-order valence-corrected chi connectivity index (χ4v) is 2.36. The molecule has 0 aliphatic carbocycles. The van der Waals surface area contributed by atoms with Crippen LogP contribution < -0.4 is 14.8 Å². The molecule has 0 unspecified atom stereocenters. The van der Waals surface area contributed by atoms with Crippen molar-refractivity contribution in [3.05, 3.63) is 52.0 Å². The molecule has 5 heteroatoms. The highest BCUT2D eigenvalue weighted by atomic mass is 35.5. The van der Waals surface area contributed by atoms with Crippen LogP contribution in [0, 0.1) is 0 Å². The summed E-state index contributed by atoms with van der Waals surface area (Å²) in [6, 6.07) is 11.2. The first-order chi connectivity index (χ1) is 10.5. The largest absolute Gasteiger partial charge is 0.493 e. The number of hydrogen-bond donors (Lipinski definition) is 1. The van der Waals surface area contributed by atoms with E-state index in [1.165, 1.54) is 0 Å². The summed E-state index contributed by atoms with van der Waals surface area (Å²) in [6.45, 7) is 4.57. The van der Waals surface area contributed by atoms with Crippen LogP contribution in [-0.4, -0.2) is 13.2 Å². The Morgan fingerprint density at radius 1 is 1.05 bits per heavy atom. The smallest absolute Gasteiger partial charge is 0.161 e. The number of hydrogen-bond acceptors (Lipinski definition) is 3. The van der Waals surface area contributed by atoms with Crippen molar-refractivity contribution < 1.29 is 9.47 Å². The van der Waals surface area contributed by atoms with E-state index in [0.717, 1.165) is 17.0 Å². The second kappa shape index (κ2) is 7.61. The molecule has 118 valence electrons. The highest BCUT2D eigenvalue weighted by Gasteiger charge is 2.08. The van der Waals surface area contributed by atoms with E-state index in [0.29, 0.717) is 22.3 Å². The van der Waals surface area contributed by atoms with Crippen LogP contribution in [0.25, 0.3) is 0 Å². The Hall–Kier alpha value is -1.58. The molecule has 2 aromatic rings. The van der Waals surface area contributed by atoms with Gasteiger partial charge in [-0.1, -0.05) is 29.3 Å². The third-order valence-corrected chi connectivity index (χ3v) is 3.57. The maximum atomic E-state index is 6.14. The second-order valence-corrected chi connectivity index (χ2v) is 5.97. The van der Waals surface area contributed by atoms with Crippen LogP contribution in [0.5, 0.6) is 11.5 Å². The molecule has 0 aliphatic heterocycles. The maximum absolute atomic E-state index is 6.14. The van der Waals surface area contributed by atoms with Crippen molar-refractivity contribution in [1.29, 1.82) is 0 Å². The van der Waals surface area contributed by atoms with Crippen molar-refractivity contribution in [2.24, 2.45) is 0 Å². The summed E-state index contributed by atoms with van der Waals surface area (Å²) in [6.07, 6.45) is 0.100. The number of methoxy groups -OCH3 is 1. The molecule has 0 spiro atoms. The predicted octanol–water partition coefficient (Wildman–Crippen LogP) is 5.40. The lowest BCUT2D eigenvalue weighted by Gasteiger charge is -2.15. The lowest BCUT2D eigenvalue weighted by molar-refractivity contribution is 0.230. The van der Waals surface area contributed by atoms with Crippen molar-refractivity contribution in [3.8, 4) is 11.5 Å². The fraction of sp³-hybridized carbons (Fsp3) is 0.294. The molecule has 0 heterocycles. The second-order valence-electron chi connectivity index (χ2n) is 5.13. The first kappa shape index (κ1) is 16.8. The monoisotopic (exact) mass is 339 g/mol. The Morgan fingerprint density at radius 2 is 1.82 bits per heavy atom. The van der Waals surface area contributed by atoms with Crippen molar-refractivity contribution >= 4 is 28.9 Å². The van der Waals surface area contributed by atoms with Crippen molar-refractivity contribution in [2.75, 3.05) is 12.4 Å². The van der Waals surface area contributed by atoms with E-state index in [-0.39, 0.29) is 6.10 Å². The molecule has 0 radical (unpaired) electrons. The Kier molecular flexibility index (Phi) is 5.81. The van der Waals surface area contributed by atoms with Gasteiger partial charge < -0.3 is 14.8 Å². The Bertz CT molecular complexity index is 645. The Morgan fingerprint density at radius 3 is 2.50 bits per heavy atom. The molecule has 0 saturated heterocycles. The summed E-state index contributed by atoms with van der Waals surface area (Å²) >= 11 is 12.1. The molecule has 0 aromatic heterocycles. The quantitative estimate of drug-likeness (QED) is 0.764. The fourth-order valence-electron chi connectivity index (χ4n) is 2.00. The molecule has 0 saturated carbocycles. The van der Waals surface area contributed by atoms with Gasteiger partial charge in [-0.25, -0.2) is 0 Å². The highest BCUT2D eigenvalue weighted by molar-refractivity contribution is 6.35. The SMILES string of the molecule is COc1cc(CNc2cc(Cl)ccc2Cl)ccc1OC(C)C. The van der Waals surface area contributed by atoms with E-state index in [4.69, 9.17) is 32.7 Å². The molecule has 0 fully saturated rings. The summed E-state index contributed by atoms with van der Waals surface area (Å²) < 4.78 is 11.1. The van der Waals surface area contributed by atoms with Crippen LogP contribution >= 0.6 is 23.2 Å². The average molecular weight is 340 g/mol. The van der Waals surface area contributed by atoms with Gasteiger partial charge >= 0.3 is 0 Å². The number of ether oxygens (including phenoxy) is 2. The number of benzene rings is 2. The van der Waals surface area contributed by atoms with Gasteiger partial charge in [0, 0.05) is 11.6 Å². The zero-order valence-electron chi connectivity index (χ0n) is 12.8. The lowest BCUT2D eigenvalue weighted by atomic mass is 10.2. The van der Waals surface area contributed by atoms with Gasteiger partial charge in [0.05, 0.1) is 23.9 Å². The minimum atomic E-state index is 0.100. The van der Waals surface area contributed by atoms with E-state index in [1.54, 1.807) is 25.3 Å². The number of nitrogens with one attached hydrogen (secondary N) is 1. The molecule has 22 heavy (non-hydrogen) atoms. The zero-order chi connectivity index (χ0) is 16.1. The van der Waals surface area contributed by atoms with Gasteiger partial charge in [-0.05, 0) is 49.7 Å².